The standard InChI is InChI=1S/C20H20N2O6S/c1-27-20(24)22-14-9-7-13(8-10-14)11-21-19(23)18-16(12-29(2,25)26)15-5-3-4-6-17(15)28-18/h3-10H,11-12H2,1-2H3,(H,21,23)(H,22,24). The number of carbonyl (C=O) groups excluding carboxylic acids is 2. The largest absolute Gasteiger partial charge is 0.453 e. The molecule has 1 heterocycles. The summed E-state index contributed by atoms with van der Waals surface area (Å²) >= 11 is 0. The van der Waals surface area contributed by atoms with Crippen LogP contribution in [-0.2, 0) is 26.9 Å². The van der Waals surface area contributed by atoms with Gasteiger partial charge in [-0.25, -0.2) is 13.2 Å². The SMILES string of the molecule is COC(=O)Nc1ccc(CNC(=O)c2oc3ccccc3c2CS(C)(=O)=O)cc1. The zero-order valence-corrected chi connectivity index (χ0v) is 16.7. The molecule has 9 heteroatoms. The molecule has 0 saturated carbocycles. The monoisotopic (exact) mass is 416 g/mol. The average molecular weight is 416 g/mol. The molecule has 0 unspecified atom stereocenters. The predicted octanol–water partition coefficient (Wildman–Crippen LogP) is 3.09. The number of fused-ring (bicyclic) bond motifs is 1. The molecule has 0 aliphatic carbocycles. The van der Waals surface area contributed by atoms with Gasteiger partial charge in [0, 0.05) is 29.4 Å². The second kappa shape index (κ2) is 8.36. The van der Waals surface area contributed by atoms with Gasteiger partial charge in [-0.2, -0.15) is 0 Å². The average Bonchev–Trinajstić information content (AvgIpc) is 3.04. The highest BCUT2D eigenvalue weighted by Crippen LogP contribution is 2.27. The second-order valence-electron chi connectivity index (χ2n) is 6.47. The van der Waals surface area contributed by atoms with Crippen molar-refractivity contribution in [2.45, 2.75) is 12.3 Å². The predicted molar refractivity (Wildman–Crippen MR) is 108 cm³/mol. The second-order valence-corrected chi connectivity index (χ2v) is 8.61. The number of furan rings is 1. The van der Waals surface area contributed by atoms with E-state index in [1.54, 1.807) is 48.5 Å². The number of carbonyl (C=O) groups is 2. The third kappa shape index (κ3) is 5.14. The Morgan fingerprint density at radius 2 is 1.76 bits per heavy atom. The van der Waals surface area contributed by atoms with Gasteiger partial charge in [0.05, 0.1) is 12.9 Å². The Bertz CT molecular complexity index is 1150. The number of benzene rings is 2. The summed E-state index contributed by atoms with van der Waals surface area (Å²) in [4.78, 5) is 23.9. The van der Waals surface area contributed by atoms with E-state index in [1.165, 1.54) is 7.11 Å². The van der Waals surface area contributed by atoms with Crippen LogP contribution in [0.5, 0.6) is 0 Å². The minimum absolute atomic E-state index is 0.0133. The van der Waals surface area contributed by atoms with E-state index < -0.39 is 21.8 Å². The van der Waals surface area contributed by atoms with E-state index >= 15 is 0 Å². The lowest BCUT2D eigenvalue weighted by molar-refractivity contribution is 0.0924. The molecular weight excluding hydrogens is 396 g/mol. The van der Waals surface area contributed by atoms with Crippen LogP contribution in [0, 0.1) is 0 Å². The fourth-order valence-corrected chi connectivity index (χ4v) is 3.64. The third-order valence-corrected chi connectivity index (χ3v) is 4.96. The van der Waals surface area contributed by atoms with E-state index in [0.717, 1.165) is 11.8 Å². The molecule has 1 aromatic heterocycles. The van der Waals surface area contributed by atoms with Gasteiger partial charge in [0.1, 0.15) is 5.58 Å². The molecule has 0 saturated heterocycles. The molecular formula is C20H20N2O6S. The number of methoxy groups -OCH3 is 1. The molecule has 0 fully saturated rings. The van der Waals surface area contributed by atoms with Crippen LogP contribution in [-0.4, -0.2) is 33.8 Å². The first-order valence-electron chi connectivity index (χ1n) is 8.67. The molecule has 0 radical (unpaired) electrons. The van der Waals surface area contributed by atoms with Gasteiger partial charge in [-0.15, -0.1) is 0 Å². The van der Waals surface area contributed by atoms with E-state index in [9.17, 15) is 18.0 Å². The molecule has 0 aliphatic rings. The van der Waals surface area contributed by atoms with Crippen LogP contribution in [0.2, 0.25) is 0 Å². The maximum absolute atomic E-state index is 12.7. The van der Waals surface area contributed by atoms with Crippen molar-refractivity contribution >= 4 is 38.5 Å². The molecule has 2 N–H and O–H groups in total. The number of para-hydroxylation sites is 1. The Hall–Kier alpha value is -3.33. The van der Waals surface area contributed by atoms with Crippen LogP contribution in [0.15, 0.2) is 52.9 Å². The fraction of sp³-hybridized carbons (Fsp3) is 0.200. The minimum atomic E-state index is -3.36. The van der Waals surface area contributed by atoms with E-state index in [0.29, 0.717) is 22.2 Å². The van der Waals surface area contributed by atoms with Gasteiger partial charge >= 0.3 is 6.09 Å². The number of amides is 2. The van der Waals surface area contributed by atoms with Gasteiger partial charge in [0.25, 0.3) is 5.91 Å². The summed E-state index contributed by atoms with van der Waals surface area (Å²) in [6, 6.07) is 13.7. The quantitative estimate of drug-likeness (QED) is 0.638. The maximum Gasteiger partial charge on any atom is 0.411 e. The molecule has 8 nitrogen and oxygen atoms in total. The summed E-state index contributed by atoms with van der Waals surface area (Å²) in [6.07, 6.45) is 0.537. The highest BCUT2D eigenvalue weighted by atomic mass is 32.2. The van der Waals surface area contributed by atoms with Crippen LogP contribution >= 0.6 is 0 Å². The van der Waals surface area contributed by atoms with Crippen molar-refractivity contribution < 1.29 is 27.2 Å². The normalized spacial score (nSPS) is 11.2. The molecule has 0 aliphatic heterocycles. The zero-order chi connectivity index (χ0) is 21.0. The number of hydrogen-bond donors (Lipinski definition) is 2. The lowest BCUT2D eigenvalue weighted by Gasteiger charge is -2.07. The van der Waals surface area contributed by atoms with Crippen molar-refractivity contribution in [2.24, 2.45) is 0 Å². The number of nitrogens with one attached hydrogen (secondary N) is 2. The molecule has 29 heavy (non-hydrogen) atoms. The number of rotatable bonds is 6. The van der Waals surface area contributed by atoms with Crippen molar-refractivity contribution in [2.75, 3.05) is 18.7 Å². The molecule has 152 valence electrons. The molecule has 3 rings (SSSR count). The van der Waals surface area contributed by atoms with Gasteiger partial charge in [-0.05, 0) is 23.8 Å². The lowest BCUT2D eigenvalue weighted by Crippen LogP contribution is -2.23. The van der Waals surface area contributed by atoms with Crippen LogP contribution in [0.4, 0.5) is 10.5 Å². The smallest absolute Gasteiger partial charge is 0.411 e. The van der Waals surface area contributed by atoms with Gasteiger partial charge < -0.3 is 14.5 Å². The highest BCUT2D eigenvalue weighted by Gasteiger charge is 2.23. The first-order valence-corrected chi connectivity index (χ1v) is 10.7. The molecule has 3 aromatic rings. The molecule has 0 bridgehead atoms. The number of ether oxygens (including phenoxy) is 1. The van der Waals surface area contributed by atoms with E-state index in [1.807, 2.05) is 0 Å². The van der Waals surface area contributed by atoms with Gasteiger partial charge in [-0.1, -0.05) is 30.3 Å². The lowest BCUT2D eigenvalue weighted by atomic mass is 10.1. The minimum Gasteiger partial charge on any atom is -0.453 e. The van der Waals surface area contributed by atoms with Crippen molar-refractivity contribution in [3.05, 3.63) is 65.4 Å². The van der Waals surface area contributed by atoms with E-state index in [2.05, 4.69) is 15.4 Å². The maximum atomic E-state index is 12.7. The van der Waals surface area contributed by atoms with Crippen molar-refractivity contribution in [3.63, 3.8) is 0 Å². The Kier molecular flexibility index (Phi) is 5.88. The molecule has 0 atom stereocenters. The van der Waals surface area contributed by atoms with Crippen LogP contribution in [0.25, 0.3) is 11.0 Å². The summed E-state index contributed by atoms with van der Waals surface area (Å²) in [5.41, 5.74) is 2.14. The van der Waals surface area contributed by atoms with Crippen molar-refractivity contribution in [1.29, 1.82) is 0 Å². The Labute approximate surface area is 167 Å². The number of hydrogen-bond acceptors (Lipinski definition) is 6. The zero-order valence-electron chi connectivity index (χ0n) is 15.9. The molecule has 2 aromatic carbocycles. The van der Waals surface area contributed by atoms with Crippen LogP contribution in [0.3, 0.4) is 0 Å². The highest BCUT2D eigenvalue weighted by molar-refractivity contribution is 7.89. The summed E-state index contributed by atoms with van der Waals surface area (Å²) in [5.74, 6) is -0.807. The summed E-state index contributed by atoms with van der Waals surface area (Å²) in [6.45, 7) is 0.201. The van der Waals surface area contributed by atoms with Crippen LogP contribution in [0.1, 0.15) is 21.7 Å². The van der Waals surface area contributed by atoms with Gasteiger partial charge in [0.15, 0.2) is 15.6 Å². The molecule has 0 spiro atoms. The Morgan fingerprint density at radius 3 is 2.41 bits per heavy atom. The van der Waals surface area contributed by atoms with Gasteiger partial charge in [-0.3, -0.25) is 10.1 Å². The Balaban J connectivity index is 1.76. The summed E-state index contributed by atoms with van der Waals surface area (Å²) in [5, 5.41) is 5.87. The van der Waals surface area contributed by atoms with Crippen molar-refractivity contribution in [3.8, 4) is 0 Å². The van der Waals surface area contributed by atoms with E-state index in [-0.39, 0.29) is 18.1 Å². The summed E-state index contributed by atoms with van der Waals surface area (Å²) < 4.78 is 33.8. The third-order valence-electron chi connectivity index (χ3n) is 4.15. The van der Waals surface area contributed by atoms with Crippen LogP contribution < -0.4 is 10.6 Å². The first-order chi connectivity index (χ1) is 13.8. The fourth-order valence-electron chi connectivity index (χ4n) is 2.83. The van der Waals surface area contributed by atoms with Crippen molar-refractivity contribution in [1.82, 2.24) is 5.32 Å². The molecule has 2 amide bonds. The topological polar surface area (TPSA) is 115 Å². The number of anilines is 1. The van der Waals surface area contributed by atoms with E-state index in [4.69, 9.17) is 4.42 Å². The number of sulfone groups is 1. The Morgan fingerprint density at radius 1 is 1.07 bits per heavy atom. The van der Waals surface area contributed by atoms with Gasteiger partial charge in [0.2, 0.25) is 0 Å². The summed E-state index contributed by atoms with van der Waals surface area (Å²) in [7, 11) is -2.09. The first kappa shape index (κ1) is 20.4.